The Balaban J connectivity index is 3.19. The van der Waals surface area contributed by atoms with Crippen LogP contribution in [0.5, 0.6) is 5.75 Å². The molecule has 0 aliphatic heterocycles. The van der Waals surface area contributed by atoms with Crippen LogP contribution in [0.4, 0.5) is 5.69 Å². The molecule has 6 nitrogen and oxygen atoms in total. The maximum atomic E-state index is 12.2. The predicted octanol–water partition coefficient (Wildman–Crippen LogP) is 2.88. The Morgan fingerprint density at radius 2 is 2.00 bits per heavy atom. The highest BCUT2D eigenvalue weighted by Gasteiger charge is 2.16. The minimum Gasteiger partial charge on any atom is -0.497 e. The molecule has 0 saturated carbocycles. The fraction of sp³-hybridized carbons (Fsp3) is 0.400. The third kappa shape index (κ3) is 4.05. The molecule has 0 heterocycles. The lowest BCUT2D eigenvalue weighted by molar-refractivity contribution is -0.385. The van der Waals surface area contributed by atoms with Gasteiger partial charge in [0.15, 0.2) is 0 Å². The first-order chi connectivity index (χ1) is 9.94. The van der Waals surface area contributed by atoms with Crippen molar-refractivity contribution in [2.75, 3.05) is 20.2 Å². The van der Waals surface area contributed by atoms with E-state index in [0.29, 0.717) is 30.0 Å². The van der Waals surface area contributed by atoms with Crippen LogP contribution in [0.2, 0.25) is 0 Å². The molecule has 0 aliphatic rings. The van der Waals surface area contributed by atoms with Crippen LogP contribution in [0, 0.1) is 10.1 Å². The van der Waals surface area contributed by atoms with Gasteiger partial charge in [-0.15, -0.1) is 0 Å². The van der Waals surface area contributed by atoms with Gasteiger partial charge in [-0.05, 0) is 39.0 Å². The molecule has 1 aromatic carbocycles. The molecule has 114 valence electrons. The zero-order chi connectivity index (χ0) is 16.0. The van der Waals surface area contributed by atoms with Crippen molar-refractivity contribution in [3.05, 3.63) is 39.4 Å². The van der Waals surface area contributed by atoms with E-state index in [0.717, 1.165) is 0 Å². The van der Waals surface area contributed by atoms with E-state index in [4.69, 9.17) is 4.74 Å². The van der Waals surface area contributed by atoms with Crippen LogP contribution in [-0.4, -0.2) is 35.9 Å². The summed E-state index contributed by atoms with van der Waals surface area (Å²) in [6.07, 6.45) is 1.54. The molecule has 0 aromatic heterocycles. The summed E-state index contributed by atoms with van der Waals surface area (Å²) >= 11 is 0. The number of nitro groups is 1. The summed E-state index contributed by atoms with van der Waals surface area (Å²) in [4.78, 5) is 24.5. The van der Waals surface area contributed by atoms with Crippen molar-refractivity contribution < 1.29 is 14.5 Å². The van der Waals surface area contributed by atoms with Crippen LogP contribution < -0.4 is 4.74 Å². The summed E-state index contributed by atoms with van der Waals surface area (Å²) in [5.41, 5.74) is 0.770. The van der Waals surface area contributed by atoms with Gasteiger partial charge in [-0.3, -0.25) is 14.9 Å². The number of rotatable bonds is 6. The fourth-order valence-corrected chi connectivity index (χ4v) is 1.99. The molecule has 0 spiro atoms. The average Bonchev–Trinajstić information content (AvgIpc) is 2.48. The van der Waals surface area contributed by atoms with Crippen LogP contribution in [0.15, 0.2) is 23.8 Å². The van der Waals surface area contributed by atoms with Crippen LogP contribution in [0.25, 0.3) is 6.08 Å². The van der Waals surface area contributed by atoms with Gasteiger partial charge in [0, 0.05) is 18.7 Å². The van der Waals surface area contributed by atoms with Crippen LogP contribution >= 0.6 is 0 Å². The van der Waals surface area contributed by atoms with Crippen molar-refractivity contribution in [1.82, 2.24) is 4.90 Å². The molecule has 0 radical (unpaired) electrons. The van der Waals surface area contributed by atoms with Crippen LogP contribution in [0.1, 0.15) is 26.3 Å². The molecule has 0 unspecified atom stereocenters. The number of ether oxygens (including phenoxy) is 1. The molecule has 0 aliphatic carbocycles. The van der Waals surface area contributed by atoms with Crippen molar-refractivity contribution in [3.63, 3.8) is 0 Å². The molecule has 1 aromatic rings. The van der Waals surface area contributed by atoms with Gasteiger partial charge < -0.3 is 9.64 Å². The van der Waals surface area contributed by atoms with Gasteiger partial charge in [-0.2, -0.15) is 0 Å². The van der Waals surface area contributed by atoms with Crippen molar-refractivity contribution in [2.45, 2.75) is 20.8 Å². The van der Waals surface area contributed by atoms with Crippen LogP contribution in [-0.2, 0) is 4.79 Å². The topological polar surface area (TPSA) is 72.7 Å². The number of nitrogens with zero attached hydrogens (tertiary/aromatic N) is 2. The standard InChI is InChI=1S/C15H20N2O4/c1-5-16(6-2)15(18)11(3)9-12-7-8-13(21-4)10-14(12)17(19)20/h7-10H,5-6H2,1-4H3/b11-9+. The zero-order valence-electron chi connectivity index (χ0n) is 12.8. The van der Waals surface area contributed by atoms with Crippen molar-refractivity contribution in [1.29, 1.82) is 0 Å². The van der Waals surface area contributed by atoms with E-state index in [1.165, 1.54) is 19.3 Å². The summed E-state index contributed by atoms with van der Waals surface area (Å²) < 4.78 is 4.99. The Morgan fingerprint density at radius 1 is 1.38 bits per heavy atom. The molecular weight excluding hydrogens is 272 g/mol. The second kappa shape index (κ2) is 7.42. The van der Waals surface area contributed by atoms with Gasteiger partial charge in [0.1, 0.15) is 5.75 Å². The average molecular weight is 292 g/mol. The first kappa shape index (κ1) is 16.7. The minimum absolute atomic E-state index is 0.0824. The zero-order valence-corrected chi connectivity index (χ0v) is 12.8. The van der Waals surface area contributed by atoms with Gasteiger partial charge in [0.05, 0.1) is 23.7 Å². The van der Waals surface area contributed by atoms with Crippen LogP contribution in [0.3, 0.4) is 0 Å². The molecule has 6 heteroatoms. The number of hydrogen-bond acceptors (Lipinski definition) is 4. The molecule has 0 bridgehead atoms. The number of methoxy groups -OCH3 is 1. The highest BCUT2D eigenvalue weighted by molar-refractivity contribution is 5.97. The van der Waals surface area contributed by atoms with Gasteiger partial charge in [0.2, 0.25) is 5.91 Å². The van der Waals surface area contributed by atoms with E-state index in [9.17, 15) is 14.9 Å². The van der Waals surface area contributed by atoms with Crippen molar-refractivity contribution in [3.8, 4) is 5.75 Å². The van der Waals surface area contributed by atoms with Gasteiger partial charge >= 0.3 is 0 Å². The largest absolute Gasteiger partial charge is 0.497 e. The molecule has 1 rings (SSSR count). The number of likely N-dealkylation sites (N-methyl/N-ethyl adjacent to an activating group) is 1. The van der Waals surface area contributed by atoms with Gasteiger partial charge in [0.25, 0.3) is 5.69 Å². The smallest absolute Gasteiger partial charge is 0.280 e. The number of carbonyl (C=O) groups is 1. The molecular formula is C15H20N2O4. The van der Waals surface area contributed by atoms with Crippen molar-refractivity contribution in [2.24, 2.45) is 0 Å². The predicted molar refractivity (Wildman–Crippen MR) is 81.2 cm³/mol. The van der Waals surface area contributed by atoms with E-state index >= 15 is 0 Å². The quantitative estimate of drug-likeness (QED) is 0.459. The summed E-state index contributed by atoms with van der Waals surface area (Å²) in [6, 6.07) is 4.56. The maximum absolute atomic E-state index is 12.2. The Hall–Kier alpha value is -2.37. The summed E-state index contributed by atoms with van der Waals surface area (Å²) in [7, 11) is 1.45. The lowest BCUT2D eigenvalue weighted by atomic mass is 10.1. The van der Waals surface area contributed by atoms with E-state index in [1.807, 2.05) is 13.8 Å². The minimum atomic E-state index is -0.483. The first-order valence-electron chi connectivity index (χ1n) is 6.74. The summed E-state index contributed by atoms with van der Waals surface area (Å²) in [5, 5.41) is 11.1. The third-order valence-corrected chi connectivity index (χ3v) is 3.19. The van der Waals surface area contributed by atoms with E-state index < -0.39 is 4.92 Å². The normalized spacial score (nSPS) is 11.1. The van der Waals surface area contributed by atoms with Gasteiger partial charge in [-0.1, -0.05) is 0 Å². The van der Waals surface area contributed by atoms with Crippen molar-refractivity contribution >= 4 is 17.7 Å². The molecule has 0 saturated heterocycles. The lowest BCUT2D eigenvalue weighted by Crippen LogP contribution is -2.30. The van der Waals surface area contributed by atoms with Gasteiger partial charge in [-0.25, -0.2) is 0 Å². The number of benzene rings is 1. The monoisotopic (exact) mass is 292 g/mol. The fourth-order valence-electron chi connectivity index (χ4n) is 1.99. The summed E-state index contributed by atoms with van der Waals surface area (Å²) in [6.45, 7) is 6.65. The Kier molecular flexibility index (Phi) is 5.90. The highest BCUT2D eigenvalue weighted by atomic mass is 16.6. The number of amides is 1. The third-order valence-electron chi connectivity index (χ3n) is 3.19. The Labute approximate surface area is 124 Å². The SMILES string of the molecule is CCN(CC)C(=O)/C(C)=C/c1ccc(OC)cc1[N+](=O)[O-]. The Bertz CT molecular complexity index is 563. The molecule has 0 N–H and O–H groups in total. The lowest BCUT2D eigenvalue weighted by Gasteiger charge is -2.18. The number of nitro benzene ring substituents is 1. The first-order valence-corrected chi connectivity index (χ1v) is 6.74. The highest BCUT2D eigenvalue weighted by Crippen LogP contribution is 2.26. The molecule has 1 amide bonds. The Morgan fingerprint density at radius 3 is 2.48 bits per heavy atom. The second-order valence-electron chi connectivity index (χ2n) is 4.49. The van der Waals surface area contributed by atoms with E-state index in [1.54, 1.807) is 24.0 Å². The molecule has 21 heavy (non-hydrogen) atoms. The van der Waals surface area contributed by atoms with E-state index in [2.05, 4.69) is 0 Å². The maximum Gasteiger partial charge on any atom is 0.280 e. The second-order valence-corrected chi connectivity index (χ2v) is 4.49. The van der Waals surface area contributed by atoms with E-state index in [-0.39, 0.29) is 11.6 Å². The number of hydrogen-bond donors (Lipinski definition) is 0. The number of carbonyl (C=O) groups excluding carboxylic acids is 1. The summed E-state index contributed by atoms with van der Waals surface area (Å²) in [5.74, 6) is 0.289. The molecule has 0 atom stereocenters. The molecule has 0 fully saturated rings.